The third-order valence-electron chi connectivity index (χ3n) is 11.3. The van der Waals surface area contributed by atoms with Gasteiger partial charge in [-0.05, 0) is 80.8 Å². The number of aromatic nitrogens is 5. The number of benzene rings is 9. The first kappa shape index (κ1) is 30.8. The van der Waals surface area contributed by atoms with E-state index in [0.717, 1.165) is 44.0 Å². The standard InChI is InChI=1S/C51H31N5/c1-3-14-35-29-37(23-21-32(35)11-1)49-52-50(38-24-22-33-12-2-4-15-36(33)30-38)54-51(53-49)56-46-28-26-39(31-43(46)48-40-16-6-5-13-34(40)25-27-47(48)56)55-44-19-9-7-17-41(44)42-18-8-10-20-45(42)55/h1-31H. The van der Waals surface area contributed by atoms with Crippen molar-refractivity contribution < 1.29 is 0 Å². The summed E-state index contributed by atoms with van der Waals surface area (Å²) >= 11 is 0. The van der Waals surface area contributed by atoms with Crippen LogP contribution in [0.15, 0.2) is 188 Å². The Balaban J connectivity index is 1.16. The summed E-state index contributed by atoms with van der Waals surface area (Å²) < 4.78 is 4.61. The molecule has 3 heterocycles. The minimum Gasteiger partial charge on any atom is -0.309 e. The summed E-state index contributed by atoms with van der Waals surface area (Å²) in [4.78, 5) is 15.8. The van der Waals surface area contributed by atoms with Crippen LogP contribution in [-0.4, -0.2) is 24.1 Å². The average molecular weight is 714 g/mol. The van der Waals surface area contributed by atoms with Gasteiger partial charge in [0.05, 0.1) is 22.1 Å². The number of hydrogen-bond donors (Lipinski definition) is 0. The first-order valence-electron chi connectivity index (χ1n) is 18.9. The zero-order chi connectivity index (χ0) is 36.7. The van der Waals surface area contributed by atoms with Crippen molar-refractivity contribution in [3.8, 4) is 34.4 Å². The second kappa shape index (κ2) is 11.9. The largest absolute Gasteiger partial charge is 0.309 e. The third-order valence-corrected chi connectivity index (χ3v) is 11.3. The SMILES string of the molecule is c1ccc2cc(-c3nc(-c4ccc5ccccc5c4)nc(-n4c5ccc(-n6c7ccccc7c7ccccc76)cc5c5c6ccccc6ccc54)n3)ccc2c1. The molecule has 0 amide bonds. The minimum atomic E-state index is 0.575. The van der Waals surface area contributed by atoms with Crippen molar-refractivity contribution in [1.29, 1.82) is 0 Å². The van der Waals surface area contributed by atoms with E-state index in [4.69, 9.17) is 15.0 Å². The van der Waals surface area contributed by atoms with E-state index in [1.54, 1.807) is 0 Å². The van der Waals surface area contributed by atoms with Gasteiger partial charge in [-0.25, -0.2) is 4.98 Å². The van der Waals surface area contributed by atoms with Crippen LogP contribution in [0.2, 0.25) is 0 Å². The van der Waals surface area contributed by atoms with Gasteiger partial charge in [0.25, 0.3) is 0 Å². The molecule has 56 heavy (non-hydrogen) atoms. The first-order chi connectivity index (χ1) is 27.7. The van der Waals surface area contributed by atoms with Gasteiger partial charge in [0.15, 0.2) is 11.6 Å². The average Bonchev–Trinajstić information content (AvgIpc) is 3.79. The van der Waals surface area contributed by atoms with E-state index in [1.807, 2.05) is 0 Å². The minimum absolute atomic E-state index is 0.575. The topological polar surface area (TPSA) is 48.5 Å². The molecule has 5 nitrogen and oxygen atoms in total. The lowest BCUT2D eigenvalue weighted by Crippen LogP contribution is -2.06. The van der Waals surface area contributed by atoms with Gasteiger partial charge in [0, 0.05) is 38.4 Å². The number of fused-ring (bicyclic) bond motifs is 10. The Bertz CT molecular complexity index is 3400. The fraction of sp³-hybridized carbons (Fsp3) is 0. The molecule has 0 saturated heterocycles. The molecular formula is C51H31N5. The van der Waals surface area contributed by atoms with Gasteiger partial charge in [-0.1, -0.05) is 140 Å². The number of nitrogens with zero attached hydrogens (tertiary/aromatic N) is 5. The second-order valence-electron chi connectivity index (χ2n) is 14.5. The lowest BCUT2D eigenvalue weighted by molar-refractivity contribution is 0.954. The van der Waals surface area contributed by atoms with E-state index in [0.29, 0.717) is 17.6 Å². The zero-order valence-corrected chi connectivity index (χ0v) is 30.1. The normalized spacial score (nSPS) is 11.9. The predicted molar refractivity (Wildman–Crippen MR) is 232 cm³/mol. The highest BCUT2D eigenvalue weighted by Gasteiger charge is 2.21. The van der Waals surface area contributed by atoms with Gasteiger partial charge in [-0.3, -0.25) is 4.57 Å². The van der Waals surface area contributed by atoms with Gasteiger partial charge in [0.1, 0.15) is 0 Å². The maximum Gasteiger partial charge on any atom is 0.238 e. The molecule has 0 fully saturated rings. The van der Waals surface area contributed by atoms with Crippen molar-refractivity contribution in [2.24, 2.45) is 0 Å². The van der Waals surface area contributed by atoms with Crippen LogP contribution in [0.4, 0.5) is 0 Å². The van der Waals surface area contributed by atoms with Crippen LogP contribution in [0, 0.1) is 0 Å². The molecule has 0 aliphatic carbocycles. The first-order valence-corrected chi connectivity index (χ1v) is 18.9. The molecule has 0 unspecified atom stereocenters. The van der Waals surface area contributed by atoms with E-state index < -0.39 is 0 Å². The van der Waals surface area contributed by atoms with Crippen molar-refractivity contribution in [3.05, 3.63) is 188 Å². The molecule has 0 radical (unpaired) electrons. The highest BCUT2D eigenvalue weighted by molar-refractivity contribution is 6.22. The van der Waals surface area contributed by atoms with Crippen LogP contribution in [0.25, 0.3) is 110 Å². The summed E-state index contributed by atoms with van der Waals surface area (Å²) in [5.41, 5.74) is 7.41. The van der Waals surface area contributed by atoms with Gasteiger partial charge >= 0.3 is 0 Å². The van der Waals surface area contributed by atoms with Gasteiger partial charge < -0.3 is 4.57 Å². The maximum atomic E-state index is 5.31. The van der Waals surface area contributed by atoms with E-state index in [9.17, 15) is 0 Å². The molecule has 0 N–H and O–H groups in total. The van der Waals surface area contributed by atoms with Crippen LogP contribution in [0.1, 0.15) is 0 Å². The fourth-order valence-electron chi connectivity index (χ4n) is 8.71. The summed E-state index contributed by atoms with van der Waals surface area (Å²) in [7, 11) is 0. The summed E-state index contributed by atoms with van der Waals surface area (Å²) in [6, 6.07) is 66.9. The highest BCUT2D eigenvalue weighted by Crippen LogP contribution is 2.40. The second-order valence-corrected chi connectivity index (χ2v) is 14.5. The van der Waals surface area contributed by atoms with Crippen LogP contribution < -0.4 is 0 Å². The molecule has 0 atom stereocenters. The molecule has 5 heteroatoms. The quantitative estimate of drug-likeness (QED) is 0.182. The van der Waals surface area contributed by atoms with Crippen molar-refractivity contribution in [2.45, 2.75) is 0 Å². The Morgan fingerprint density at radius 2 is 0.786 bits per heavy atom. The monoisotopic (exact) mass is 713 g/mol. The Hall–Kier alpha value is -7.63. The van der Waals surface area contributed by atoms with Gasteiger partial charge in [-0.2, -0.15) is 9.97 Å². The zero-order valence-electron chi connectivity index (χ0n) is 30.1. The molecule has 260 valence electrons. The molecular weight excluding hydrogens is 683 g/mol. The number of para-hydroxylation sites is 2. The van der Waals surface area contributed by atoms with Gasteiger partial charge in [-0.15, -0.1) is 0 Å². The maximum absolute atomic E-state index is 5.31. The van der Waals surface area contributed by atoms with Crippen molar-refractivity contribution in [1.82, 2.24) is 24.1 Å². The molecule has 0 spiro atoms. The summed E-state index contributed by atoms with van der Waals surface area (Å²) in [6.45, 7) is 0. The Morgan fingerprint density at radius 1 is 0.304 bits per heavy atom. The molecule has 0 aliphatic rings. The summed E-state index contributed by atoms with van der Waals surface area (Å²) in [5, 5.41) is 11.8. The Kier molecular flexibility index (Phi) is 6.56. The van der Waals surface area contributed by atoms with E-state index in [1.165, 1.54) is 48.7 Å². The van der Waals surface area contributed by atoms with Gasteiger partial charge in [0.2, 0.25) is 5.95 Å². The van der Waals surface area contributed by atoms with E-state index in [2.05, 4.69) is 197 Å². The van der Waals surface area contributed by atoms with Crippen molar-refractivity contribution in [2.75, 3.05) is 0 Å². The third kappa shape index (κ3) is 4.64. The molecule has 12 aromatic rings. The molecule has 12 rings (SSSR count). The Labute approximate surface area is 321 Å². The molecule has 3 aromatic heterocycles. The highest BCUT2D eigenvalue weighted by atomic mass is 15.2. The molecule has 0 saturated carbocycles. The summed E-state index contributed by atoms with van der Waals surface area (Å²) in [5.74, 6) is 1.83. The van der Waals surface area contributed by atoms with Crippen LogP contribution in [-0.2, 0) is 0 Å². The summed E-state index contributed by atoms with van der Waals surface area (Å²) in [6.07, 6.45) is 0. The predicted octanol–water partition coefficient (Wildman–Crippen LogP) is 12.9. The number of hydrogen-bond acceptors (Lipinski definition) is 3. The molecule has 0 bridgehead atoms. The van der Waals surface area contributed by atoms with Crippen LogP contribution in [0.5, 0.6) is 0 Å². The number of rotatable bonds is 4. The van der Waals surface area contributed by atoms with Crippen molar-refractivity contribution in [3.63, 3.8) is 0 Å². The van der Waals surface area contributed by atoms with E-state index >= 15 is 0 Å². The molecule has 9 aromatic carbocycles. The van der Waals surface area contributed by atoms with E-state index in [-0.39, 0.29) is 0 Å². The van der Waals surface area contributed by atoms with Crippen LogP contribution in [0.3, 0.4) is 0 Å². The molecule has 0 aliphatic heterocycles. The van der Waals surface area contributed by atoms with Crippen molar-refractivity contribution >= 4 is 75.9 Å². The van der Waals surface area contributed by atoms with Crippen LogP contribution >= 0.6 is 0 Å². The Morgan fingerprint density at radius 3 is 1.41 bits per heavy atom. The smallest absolute Gasteiger partial charge is 0.238 e. The lowest BCUT2D eigenvalue weighted by atomic mass is 10.0. The fourth-order valence-corrected chi connectivity index (χ4v) is 8.71. The lowest BCUT2D eigenvalue weighted by Gasteiger charge is -2.12.